The zero-order valence-electron chi connectivity index (χ0n) is 9.91. The molecule has 1 atom stereocenters. The molecule has 1 rings (SSSR count). The molecule has 4 nitrogen and oxygen atoms in total. The minimum Gasteiger partial charge on any atom is -0.316 e. The molecule has 1 aromatic rings. The lowest BCUT2D eigenvalue weighted by Gasteiger charge is -2.12. The van der Waals surface area contributed by atoms with Crippen molar-refractivity contribution in [3.63, 3.8) is 0 Å². The second-order valence-electron chi connectivity index (χ2n) is 3.62. The van der Waals surface area contributed by atoms with Crippen LogP contribution in [-0.4, -0.2) is 28.1 Å². The Bertz CT molecular complexity index is 497. The van der Waals surface area contributed by atoms with Crippen LogP contribution in [0.2, 0.25) is 5.02 Å². The fourth-order valence-electron chi connectivity index (χ4n) is 1.11. The summed E-state index contributed by atoms with van der Waals surface area (Å²) in [6.07, 6.45) is 0. The number of sulfonamides is 1. The summed E-state index contributed by atoms with van der Waals surface area (Å²) in [7, 11) is -1.79. The lowest BCUT2D eigenvalue weighted by molar-refractivity contribution is 0.554. The average Bonchev–Trinajstić information content (AvgIpc) is 2.25. The third-order valence-corrected chi connectivity index (χ3v) is 4.66. The van der Waals surface area contributed by atoms with E-state index in [-0.39, 0.29) is 28.4 Å². The summed E-state index contributed by atoms with van der Waals surface area (Å²) in [6.45, 7) is 2.19. The van der Waals surface area contributed by atoms with E-state index in [1.54, 1.807) is 19.2 Å². The summed E-state index contributed by atoms with van der Waals surface area (Å²) in [5.74, 6) is 0. The van der Waals surface area contributed by atoms with Crippen LogP contribution in [0.5, 0.6) is 0 Å². The lowest BCUT2D eigenvalue weighted by atomic mass is 10.4. The summed E-state index contributed by atoms with van der Waals surface area (Å²) in [4.78, 5) is 0.0886. The van der Waals surface area contributed by atoms with Gasteiger partial charge in [-0.25, -0.2) is 13.1 Å². The topological polar surface area (TPSA) is 58.2 Å². The molecule has 1 unspecified atom stereocenters. The van der Waals surface area contributed by atoms with Gasteiger partial charge in [0, 0.05) is 17.1 Å². The standard InChI is InChI=1S/C10H14BrClN2O2S.ClH/c1-7(13-2)6-14-17(15,16)10-4-3-8(11)5-9(10)12;/h3-5,7,13-14H,6H2,1-2H3;1H. The Kier molecular flexibility index (Phi) is 7.73. The van der Waals surface area contributed by atoms with Gasteiger partial charge in [-0.15, -0.1) is 12.4 Å². The smallest absolute Gasteiger partial charge is 0.242 e. The van der Waals surface area contributed by atoms with Crippen LogP contribution in [0.4, 0.5) is 0 Å². The predicted molar refractivity (Wildman–Crippen MR) is 80.1 cm³/mol. The maximum Gasteiger partial charge on any atom is 0.242 e. The molecule has 0 fully saturated rings. The molecule has 0 bridgehead atoms. The summed E-state index contributed by atoms with van der Waals surface area (Å²) in [5.41, 5.74) is 0. The minimum absolute atomic E-state index is 0. The van der Waals surface area contributed by atoms with Gasteiger partial charge in [0.1, 0.15) is 4.90 Å². The van der Waals surface area contributed by atoms with Gasteiger partial charge in [-0.05, 0) is 32.2 Å². The molecule has 18 heavy (non-hydrogen) atoms. The number of hydrogen-bond donors (Lipinski definition) is 2. The molecule has 1 aromatic carbocycles. The highest BCUT2D eigenvalue weighted by Gasteiger charge is 2.18. The first kappa shape index (κ1) is 18.1. The van der Waals surface area contributed by atoms with Gasteiger partial charge in [0.25, 0.3) is 0 Å². The van der Waals surface area contributed by atoms with E-state index < -0.39 is 10.0 Å². The second-order valence-corrected chi connectivity index (χ2v) is 6.67. The van der Waals surface area contributed by atoms with Crippen LogP contribution in [-0.2, 0) is 10.0 Å². The molecule has 104 valence electrons. The van der Waals surface area contributed by atoms with Crippen molar-refractivity contribution >= 4 is 50.0 Å². The number of nitrogens with one attached hydrogen (secondary N) is 2. The summed E-state index contributed by atoms with van der Waals surface area (Å²) >= 11 is 9.13. The molecular formula is C10H15BrCl2N2O2S. The molecule has 0 aromatic heterocycles. The summed E-state index contributed by atoms with van der Waals surface area (Å²) in [6, 6.07) is 4.72. The summed E-state index contributed by atoms with van der Waals surface area (Å²) in [5, 5.41) is 3.14. The lowest BCUT2D eigenvalue weighted by Crippen LogP contribution is -2.37. The number of halogens is 3. The molecule has 0 spiro atoms. The van der Waals surface area contributed by atoms with Crippen LogP contribution in [0, 0.1) is 0 Å². The molecule has 0 aliphatic carbocycles. The normalized spacial score (nSPS) is 12.9. The fourth-order valence-corrected chi connectivity index (χ4v) is 3.27. The zero-order chi connectivity index (χ0) is 13.1. The van der Waals surface area contributed by atoms with E-state index in [9.17, 15) is 8.42 Å². The van der Waals surface area contributed by atoms with E-state index >= 15 is 0 Å². The van der Waals surface area contributed by atoms with E-state index in [1.165, 1.54) is 6.07 Å². The van der Waals surface area contributed by atoms with Crippen molar-refractivity contribution in [3.05, 3.63) is 27.7 Å². The van der Waals surface area contributed by atoms with Crippen LogP contribution in [0.25, 0.3) is 0 Å². The van der Waals surface area contributed by atoms with Gasteiger partial charge in [-0.2, -0.15) is 0 Å². The molecule has 0 saturated carbocycles. The highest BCUT2D eigenvalue weighted by atomic mass is 79.9. The fraction of sp³-hybridized carbons (Fsp3) is 0.400. The molecule has 0 aliphatic heterocycles. The molecule has 0 amide bonds. The first-order chi connectivity index (χ1) is 7.86. The first-order valence-corrected chi connectivity index (χ1v) is 7.64. The molecule has 0 radical (unpaired) electrons. The molecule has 0 saturated heterocycles. The van der Waals surface area contributed by atoms with Crippen molar-refractivity contribution in [2.24, 2.45) is 0 Å². The first-order valence-electron chi connectivity index (χ1n) is 4.99. The molecule has 8 heteroatoms. The third-order valence-electron chi connectivity index (χ3n) is 2.26. The quantitative estimate of drug-likeness (QED) is 0.828. The van der Waals surface area contributed by atoms with Crippen molar-refractivity contribution < 1.29 is 8.42 Å². The van der Waals surface area contributed by atoms with E-state index in [1.807, 2.05) is 6.92 Å². The molecule has 2 N–H and O–H groups in total. The van der Waals surface area contributed by atoms with Crippen molar-refractivity contribution in [1.82, 2.24) is 10.0 Å². The van der Waals surface area contributed by atoms with Gasteiger partial charge in [0.15, 0.2) is 0 Å². The van der Waals surface area contributed by atoms with Gasteiger partial charge in [-0.3, -0.25) is 0 Å². The van der Waals surface area contributed by atoms with Gasteiger partial charge >= 0.3 is 0 Å². The van der Waals surface area contributed by atoms with Gasteiger partial charge in [0.05, 0.1) is 5.02 Å². The van der Waals surface area contributed by atoms with Gasteiger partial charge in [0.2, 0.25) is 10.0 Å². The maximum absolute atomic E-state index is 11.9. The van der Waals surface area contributed by atoms with E-state index in [0.29, 0.717) is 6.54 Å². The molecule has 0 aliphatic rings. The Morgan fingerprint density at radius 3 is 2.56 bits per heavy atom. The Hall–Kier alpha value is 0.150. The SMILES string of the molecule is CNC(C)CNS(=O)(=O)c1ccc(Br)cc1Cl.Cl. The number of rotatable bonds is 5. The highest BCUT2D eigenvalue weighted by Crippen LogP contribution is 2.24. The largest absolute Gasteiger partial charge is 0.316 e. The van der Waals surface area contributed by atoms with Crippen LogP contribution in [0.15, 0.2) is 27.6 Å². The van der Waals surface area contributed by atoms with Crippen LogP contribution in [0.1, 0.15) is 6.92 Å². The Balaban J connectivity index is 0.00000289. The zero-order valence-corrected chi connectivity index (χ0v) is 13.9. The molecular weight excluding hydrogens is 363 g/mol. The summed E-state index contributed by atoms with van der Waals surface area (Å²) < 4.78 is 27.1. The minimum atomic E-state index is -3.56. The Morgan fingerprint density at radius 1 is 1.44 bits per heavy atom. The monoisotopic (exact) mass is 376 g/mol. The van der Waals surface area contributed by atoms with Gasteiger partial charge < -0.3 is 5.32 Å². The van der Waals surface area contributed by atoms with E-state index in [4.69, 9.17) is 11.6 Å². The Labute approximate surface area is 127 Å². The number of likely N-dealkylation sites (N-methyl/N-ethyl adjacent to an activating group) is 1. The second kappa shape index (κ2) is 7.67. The average molecular weight is 378 g/mol. The number of hydrogen-bond acceptors (Lipinski definition) is 3. The number of benzene rings is 1. The predicted octanol–water partition coefficient (Wildman–Crippen LogP) is 2.41. The van der Waals surface area contributed by atoms with Gasteiger partial charge in [-0.1, -0.05) is 27.5 Å². The van der Waals surface area contributed by atoms with E-state index in [2.05, 4.69) is 26.0 Å². The third kappa shape index (κ3) is 5.03. The van der Waals surface area contributed by atoms with Crippen LogP contribution < -0.4 is 10.0 Å². The van der Waals surface area contributed by atoms with Crippen molar-refractivity contribution in [2.45, 2.75) is 17.9 Å². The van der Waals surface area contributed by atoms with Crippen molar-refractivity contribution in [1.29, 1.82) is 0 Å². The van der Waals surface area contributed by atoms with E-state index in [0.717, 1.165) is 4.47 Å². The Morgan fingerprint density at radius 2 is 2.06 bits per heavy atom. The maximum atomic E-state index is 11.9. The van der Waals surface area contributed by atoms with Crippen LogP contribution >= 0.6 is 39.9 Å². The van der Waals surface area contributed by atoms with Crippen molar-refractivity contribution in [3.8, 4) is 0 Å². The van der Waals surface area contributed by atoms with Crippen molar-refractivity contribution in [2.75, 3.05) is 13.6 Å². The molecule has 0 heterocycles. The highest BCUT2D eigenvalue weighted by molar-refractivity contribution is 9.10. The van der Waals surface area contributed by atoms with Crippen LogP contribution in [0.3, 0.4) is 0 Å².